The lowest BCUT2D eigenvalue weighted by Gasteiger charge is -2.18. The van der Waals surface area contributed by atoms with Gasteiger partial charge in [-0.25, -0.2) is 0 Å². The fourth-order valence-electron chi connectivity index (χ4n) is 0.878. The molecule has 0 bridgehead atoms. The Morgan fingerprint density at radius 3 is 2.40 bits per heavy atom. The van der Waals surface area contributed by atoms with Gasteiger partial charge in [-0.15, -0.1) is 0 Å². The lowest BCUT2D eigenvalue weighted by Crippen LogP contribution is -2.26. The SMILES string of the molecule is CCCCN(CC)COC. The van der Waals surface area contributed by atoms with Crippen molar-refractivity contribution in [2.75, 3.05) is 26.9 Å². The summed E-state index contributed by atoms with van der Waals surface area (Å²) in [5, 5.41) is 0. The molecule has 0 aliphatic carbocycles. The molecule has 0 aromatic heterocycles. The molecule has 0 heterocycles. The molecule has 0 saturated carbocycles. The van der Waals surface area contributed by atoms with Crippen LogP contribution < -0.4 is 0 Å². The molecule has 0 unspecified atom stereocenters. The normalized spacial score (nSPS) is 10.8. The Balaban J connectivity index is 3.21. The quantitative estimate of drug-likeness (QED) is 0.528. The van der Waals surface area contributed by atoms with Crippen LogP contribution in [0.4, 0.5) is 0 Å². The van der Waals surface area contributed by atoms with Crippen LogP contribution in [0.5, 0.6) is 0 Å². The average Bonchev–Trinajstić information content (AvgIpc) is 1.98. The summed E-state index contributed by atoms with van der Waals surface area (Å²) in [4.78, 5) is 2.30. The Kier molecular flexibility index (Phi) is 6.98. The second kappa shape index (κ2) is 7.03. The van der Waals surface area contributed by atoms with E-state index in [0.29, 0.717) is 0 Å². The number of nitrogens with zero attached hydrogens (tertiary/aromatic N) is 1. The molecule has 0 radical (unpaired) electrons. The molecular weight excluding hydrogens is 126 g/mol. The van der Waals surface area contributed by atoms with Crippen LogP contribution in [0.1, 0.15) is 26.7 Å². The second-order valence-electron chi connectivity index (χ2n) is 2.48. The highest BCUT2D eigenvalue weighted by Crippen LogP contribution is 1.93. The molecule has 10 heavy (non-hydrogen) atoms. The Bertz CT molecular complexity index is 66.3. The number of rotatable bonds is 6. The van der Waals surface area contributed by atoms with Crippen molar-refractivity contribution < 1.29 is 4.74 Å². The number of hydrogen-bond acceptors (Lipinski definition) is 2. The van der Waals surface area contributed by atoms with E-state index >= 15 is 0 Å². The van der Waals surface area contributed by atoms with E-state index in [4.69, 9.17) is 4.74 Å². The molecule has 0 fully saturated rings. The first-order valence-corrected chi connectivity index (χ1v) is 4.06. The predicted molar refractivity (Wildman–Crippen MR) is 44.0 cm³/mol. The maximum atomic E-state index is 5.02. The molecule has 0 aliphatic rings. The van der Waals surface area contributed by atoms with Crippen LogP contribution in [0.25, 0.3) is 0 Å². The number of unbranched alkanes of at least 4 members (excludes halogenated alkanes) is 1. The maximum Gasteiger partial charge on any atom is 0.0986 e. The Labute approximate surface area is 64.2 Å². The highest BCUT2D eigenvalue weighted by atomic mass is 16.5. The zero-order valence-corrected chi connectivity index (χ0v) is 7.39. The minimum Gasteiger partial charge on any atom is -0.369 e. The molecule has 62 valence electrons. The van der Waals surface area contributed by atoms with Crippen LogP contribution in [0.15, 0.2) is 0 Å². The van der Waals surface area contributed by atoms with E-state index in [2.05, 4.69) is 18.7 Å². The molecule has 0 N–H and O–H groups in total. The van der Waals surface area contributed by atoms with Crippen LogP contribution in [0, 0.1) is 0 Å². The molecule has 0 amide bonds. The smallest absolute Gasteiger partial charge is 0.0986 e. The number of methoxy groups -OCH3 is 1. The summed E-state index contributed by atoms with van der Waals surface area (Å²) >= 11 is 0. The van der Waals surface area contributed by atoms with E-state index in [1.807, 2.05) is 0 Å². The fourth-order valence-corrected chi connectivity index (χ4v) is 0.878. The largest absolute Gasteiger partial charge is 0.369 e. The van der Waals surface area contributed by atoms with Crippen molar-refractivity contribution in [2.45, 2.75) is 26.7 Å². The van der Waals surface area contributed by atoms with Crippen molar-refractivity contribution in [3.63, 3.8) is 0 Å². The standard InChI is InChI=1S/C8H19NO/c1-4-6-7-9(5-2)8-10-3/h4-8H2,1-3H3. The van der Waals surface area contributed by atoms with Gasteiger partial charge in [0.05, 0.1) is 6.73 Å². The molecule has 0 aliphatic heterocycles. The minimum absolute atomic E-state index is 0.774. The van der Waals surface area contributed by atoms with Gasteiger partial charge in [0, 0.05) is 13.7 Å². The average molecular weight is 145 g/mol. The number of ether oxygens (including phenoxy) is 1. The van der Waals surface area contributed by atoms with Crippen LogP contribution >= 0.6 is 0 Å². The minimum atomic E-state index is 0.774. The van der Waals surface area contributed by atoms with Gasteiger partial charge in [-0.2, -0.15) is 0 Å². The third-order valence-electron chi connectivity index (χ3n) is 1.59. The van der Waals surface area contributed by atoms with Gasteiger partial charge >= 0.3 is 0 Å². The molecule has 0 spiro atoms. The van der Waals surface area contributed by atoms with Crippen molar-refractivity contribution in [3.8, 4) is 0 Å². The van der Waals surface area contributed by atoms with Gasteiger partial charge in [0.15, 0.2) is 0 Å². The maximum absolute atomic E-state index is 5.02. The van der Waals surface area contributed by atoms with Crippen LogP contribution in [-0.4, -0.2) is 31.8 Å². The summed E-state index contributed by atoms with van der Waals surface area (Å²) in [6.45, 7) is 7.40. The summed E-state index contributed by atoms with van der Waals surface area (Å²) in [7, 11) is 1.74. The lowest BCUT2D eigenvalue weighted by atomic mass is 10.3. The zero-order valence-electron chi connectivity index (χ0n) is 7.39. The summed E-state index contributed by atoms with van der Waals surface area (Å²) in [6.07, 6.45) is 2.54. The molecule has 0 saturated heterocycles. The molecule has 0 aromatic carbocycles. The first-order valence-electron chi connectivity index (χ1n) is 4.06. The molecular formula is C8H19NO. The van der Waals surface area contributed by atoms with Crippen molar-refractivity contribution >= 4 is 0 Å². The third-order valence-corrected chi connectivity index (χ3v) is 1.59. The monoisotopic (exact) mass is 145 g/mol. The van der Waals surface area contributed by atoms with E-state index in [1.54, 1.807) is 7.11 Å². The Morgan fingerprint density at radius 2 is 2.00 bits per heavy atom. The summed E-state index contributed by atoms with van der Waals surface area (Å²) in [5.74, 6) is 0. The van der Waals surface area contributed by atoms with E-state index in [0.717, 1.165) is 13.3 Å². The molecule has 0 aromatic rings. The van der Waals surface area contributed by atoms with Gasteiger partial charge in [-0.3, -0.25) is 4.90 Å². The number of hydrogen-bond donors (Lipinski definition) is 0. The topological polar surface area (TPSA) is 12.5 Å². The van der Waals surface area contributed by atoms with Gasteiger partial charge in [0.1, 0.15) is 0 Å². The summed E-state index contributed by atoms with van der Waals surface area (Å²) < 4.78 is 5.02. The van der Waals surface area contributed by atoms with Gasteiger partial charge < -0.3 is 4.74 Å². The first-order chi connectivity index (χ1) is 4.85. The van der Waals surface area contributed by atoms with Crippen molar-refractivity contribution in [1.29, 1.82) is 0 Å². The predicted octanol–water partition coefficient (Wildman–Crippen LogP) is 1.71. The molecule has 0 rings (SSSR count). The van der Waals surface area contributed by atoms with Gasteiger partial charge in [0.25, 0.3) is 0 Å². The van der Waals surface area contributed by atoms with Crippen molar-refractivity contribution in [1.82, 2.24) is 4.90 Å². The second-order valence-corrected chi connectivity index (χ2v) is 2.48. The fraction of sp³-hybridized carbons (Fsp3) is 1.00. The third kappa shape index (κ3) is 4.77. The van der Waals surface area contributed by atoms with E-state index < -0.39 is 0 Å². The molecule has 0 atom stereocenters. The molecule has 2 nitrogen and oxygen atoms in total. The van der Waals surface area contributed by atoms with Crippen LogP contribution in [-0.2, 0) is 4.74 Å². The zero-order chi connectivity index (χ0) is 7.82. The van der Waals surface area contributed by atoms with Crippen molar-refractivity contribution in [3.05, 3.63) is 0 Å². The van der Waals surface area contributed by atoms with E-state index in [-0.39, 0.29) is 0 Å². The van der Waals surface area contributed by atoms with Gasteiger partial charge in [-0.05, 0) is 13.0 Å². The van der Waals surface area contributed by atoms with E-state index in [1.165, 1.54) is 19.4 Å². The lowest BCUT2D eigenvalue weighted by molar-refractivity contribution is 0.0661. The van der Waals surface area contributed by atoms with Crippen LogP contribution in [0.2, 0.25) is 0 Å². The van der Waals surface area contributed by atoms with Gasteiger partial charge in [-0.1, -0.05) is 20.3 Å². The Morgan fingerprint density at radius 1 is 1.30 bits per heavy atom. The van der Waals surface area contributed by atoms with Gasteiger partial charge in [0.2, 0.25) is 0 Å². The van der Waals surface area contributed by atoms with E-state index in [9.17, 15) is 0 Å². The first kappa shape index (κ1) is 9.92. The highest BCUT2D eigenvalue weighted by molar-refractivity contribution is 4.47. The highest BCUT2D eigenvalue weighted by Gasteiger charge is 1.97. The van der Waals surface area contributed by atoms with Crippen molar-refractivity contribution in [2.24, 2.45) is 0 Å². The summed E-state index contributed by atoms with van der Waals surface area (Å²) in [5.41, 5.74) is 0. The molecule has 2 heteroatoms. The Hall–Kier alpha value is -0.0800. The van der Waals surface area contributed by atoms with Crippen LogP contribution in [0.3, 0.4) is 0 Å². The summed E-state index contributed by atoms with van der Waals surface area (Å²) in [6, 6.07) is 0.